The summed E-state index contributed by atoms with van der Waals surface area (Å²) in [5.41, 5.74) is 5.15. The molecule has 36 heavy (non-hydrogen) atoms. The summed E-state index contributed by atoms with van der Waals surface area (Å²) in [6, 6.07) is 17.2. The molecule has 1 aliphatic rings. The van der Waals surface area contributed by atoms with Crippen LogP contribution in [0.25, 0.3) is 10.9 Å². The van der Waals surface area contributed by atoms with Gasteiger partial charge in [-0.15, -0.1) is 5.10 Å². The van der Waals surface area contributed by atoms with Gasteiger partial charge in [-0.1, -0.05) is 68.1 Å². The zero-order chi connectivity index (χ0) is 25.1. The topological polar surface area (TPSA) is 79.7 Å². The molecule has 5 rings (SSSR count). The van der Waals surface area contributed by atoms with Crippen LogP contribution in [0.4, 0.5) is 0 Å². The molecule has 7 heteroatoms. The van der Waals surface area contributed by atoms with Crippen LogP contribution < -0.4 is 5.56 Å². The number of pyridine rings is 1. The van der Waals surface area contributed by atoms with Crippen molar-refractivity contribution in [1.82, 2.24) is 30.1 Å². The molecular formula is C29H36N6O. The minimum absolute atomic E-state index is 0.0140. The van der Waals surface area contributed by atoms with Crippen molar-refractivity contribution in [3.63, 3.8) is 0 Å². The van der Waals surface area contributed by atoms with Gasteiger partial charge in [-0.2, -0.15) is 0 Å². The van der Waals surface area contributed by atoms with E-state index in [1.807, 2.05) is 13.0 Å². The Morgan fingerprint density at radius 2 is 1.86 bits per heavy atom. The molecule has 188 valence electrons. The maximum Gasteiger partial charge on any atom is 0.252 e. The number of nitrogens with zero attached hydrogens (tertiary/aromatic N) is 5. The van der Waals surface area contributed by atoms with E-state index >= 15 is 0 Å². The number of fused-ring (bicyclic) bond motifs is 1. The molecule has 0 radical (unpaired) electrons. The van der Waals surface area contributed by atoms with Gasteiger partial charge in [-0.25, -0.2) is 4.68 Å². The Hall–Kier alpha value is -3.32. The zero-order valence-electron chi connectivity index (χ0n) is 21.6. The molecule has 0 amide bonds. The summed E-state index contributed by atoms with van der Waals surface area (Å²) in [6.07, 6.45) is 6.61. The molecule has 1 N–H and O–H groups in total. The predicted octanol–water partition coefficient (Wildman–Crippen LogP) is 5.79. The summed E-state index contributed by atoms with van der Waals surface area (Å²) >= 11 is 0. The monoisotopic (exact) mass is 484 g/mol. The van der Waals surface area contributed by atoms with E-state index in [1.165, 1.54) is 24.0 Å². The smallest absolute Gasteiger partial charge is 0.252 e. The van der Waals surface area contributed by atoms with Crippen molar-refractivity contribution in [2.45, 2.75) is 84.5 Å². The average Bonchev–Trinajstić information content (AvgIpc) is 3.56. The van der Waals surface area contributed by atoms with Gasteiger partial charge in [-0.3, -0.25) is 9.69 Å². The van der Waals surface area contributed by atoms with E-state index in [4.69, 9.17) is 0 Å². The van der Waals surface area contributed by atoms with Crippen LogP contribution >= 0.6 is 0 Å². The third-order valence-electron chi connectivity index (χ3n) is 7.46. The van der Waals surface area contributed by atoms with Gasteiger partial charge >= 0.3 is 0 Å². The molecule has 0 saturated heterocycles. The molecular weight excluding hydrogens is 448 g/mol. The van der Waals surface area contributed by atoms with Gasteiger partial charge in [0.25, 0.3) is 5.56 Å². The van der Waals surface area contributed by atoms with E-state index < -0.39 is 0 Å². The van der Waals surface area contributed by atoms with Crippen molar-refractivity contribution in [2.75, 3.05) is 0 Å². The lowest BCUT2D eigenvalue weighted by atomic mass is 10.0. The van der Waals surface area contributed by atoms with Crippen LogP contribution in [-0.2, 0) is 13.1 Å². The number of hydrogen-bond donors (Lipinski definition) is 1. The number of aromatic amines is 1. The second-order valence-corrected chi connectivity index (χ2v) is 10.3. The van der Waals surface area contributed by atoms with Crippen molar-refractivity contribution in [3.8, 4) is 0 Å². The second-order valence-electron chi connectivity index (χ2n) is 10.3. The summed E-state index contributed by atoms with van der Waals surface area (Å²) in [6.45, 7) is 7.58. The fraction of sp³-hybridized carbons (Fsp3) is 0.448. The summed E-state index contributed by atoms with van der Waals surface area (Å²) in [4.78, 5) is 18.8. The van der Waals surface area contributed by atoms with Crippen molar-refractivity contribution in [2.24, 2.45) is 0 Å². The standard InChI is InChI=1S/C29H36N6O/c1-4-10-26(28-31-32-33-35(28)25-13-8-9-14-25)34(18-22-11-6-5-7-12-22)19-24-17-23-16-20(2)15-21(3)27(23)30-29(24)36/h5-7,11-12,15-17,25-26H,4,8-10,13-14,18-19H2,1-3H3,(H,30,36)/t26-/m1/s1. The summed E-state index contributed by atoms with van der Waals surface area (Å²) in [7, 11) is 0. The highest BCUT2D eigenvalue weighted by Crippen LogP contribution is 2.34. The van der Waals surface area contributed by atoms with E-state index in [1.54, 1.807) is 0 Å². The van der Waals surface area contributed by atoms with Crippen LogP contribution in [0.15, 0.2) is 53.3 Å². The molecule has 1 aliphatic carbocycles. The Morgan fingerprint density at radius 1 is 1.08 bits per heavy atom. The normalized spacial score (nSPS) is 15.2. The van der Waals surface area contributed by atoms with Crippen LogP contribution in [0.3, 0.4) is 0 Å². The van der Waals surface area contributed by atoms with Gasteiger partial charge in [-0.05, 0) is 72.2 Å². The third kappa shape index (κ3) is 5.12. The Labute approximate surface area is 212 Å². The molecule has 0 unspecified atom stereocenters. The lowest BCUT2D eigenvalue weighted by molar-refractivity contribution is 0.153. The SMILES string of the molecule is CCC[C@H](c1nnnn1C1CCCC1)N(Cc1ccccc1)Cc1cc2cc(C)cc(C)c2[nH]c1=O. The Bertz CT molecular complexity index is 1370. The number of benzene rings is 2. The maximum atomic E-state index is 13.3. The average molecular weight is 485 g/mol. The van der Waals surface area contributed by atoms with Crippen LogP contribution in [0, 0.1) is 13.8 Å². The fourth-order valence-electron chi connectivity index (χ4n) is 5.74. The molecule has 2 aromatic carbocycles. The van der Waals surface area contributed by atoms with Crippen LogP contribution in [0.5, 0.6) is 0 Å². The summed E-state index contributed by atoms with van der Waals surface area (Å²) in [5, 5.41) is 14.2. The van der Waals surface area contributed by atoms with Gasteiger partial charge in [0.05, 0.1) is 17.6 Å². The van der Waals surface area contributed by atoms with E-state index in [-0.39, 0.29) is 11.6 Å². The minimum Gasteiger partial charge on any atom is -0.321 e. The molecule has 2 heterocycles. The Kier molecular flexibility index (Phi) is 7.28. The van der Waals surface area contributed by atoms with Crippen molar-refractivity contribution in [3.05, 3.63) is 87.0 Å². The number of tetrazole rings is 1. The van der Waals surface area contributed by atoms with Crippen molar-refractivity contribution >= 4 is 10.9 Å². The number of H-pyrrole nitrogens is 1. The van der Waals surface area contributed by atoms with Gasteiger partial charge in [0.1, 0.15) is 0 Å². The van der Waals surface area contributed by atoms with Gasteiger partial charge in [0.2, 0.25) is 0 Å². The second kappa shape index (κ2) is 10.7. The van der Waals surface area contributed by atoms with Gasteiger partial charge in [0.15, 0.2) is 5.82 Å². The van der Waals surface area contributed by atoms with Crippen molar-refractivity contribution in [1.29, 1.82) is 0 Å². The van der Waals surface area contributed by atoms with Crippen LogP contribution in [0.1, 0.15) is 85.6 Å². The fourth-order valence-corrected chi connectivity index (χ4v) is 5.74. The first-order valence-corrected chi connectivity index (χ1v) is 13.2. The molecule has 0 aliphatic heterocycles. The number of aryl methyl sites for hydroxylation is 2. The highest BCUT2D eigenvalue weighted by molar-refractivity contribution is 5.82. The van der Waals surface area contributed by atoms with Gasteiger partial charge in [0, 0.05) is 18.7 Å². The zero-order valence-corrected chi connectivity index (χ0v) is 21.6. The van der Waals surface area contributed by atoms with Crippen molar-refractivity contribution < 1.29 is 0 Å². The molecule has 0 spiro atoms. The van der Waals surface area contributed by atoms with E-state index in [9.17, 15) is 4.79 Å². The molecule has 7 nitrogen and oxygen atoms in total. The quantitative estimate of drug-likeness (QED) is 0.325. The highest BCUT2D eigenvalue weighted by atomic mass is 16.1. The first kappa shape index (κ1) is 24.4. The molecule has 4 aromatic rings. The first-order valence-electron chi connectivity index (χ1n) is 13.2. The van der Waals surface area contributed by atoms with Gasteiger partial charge < -0.3 is 4.98 Å². The molecule has 1 saturated carbocycles. The number of rotatable bonds is 9. The van der Waals surface area contributed by atoms with E-state index in [0.717, 1.165) is 53.5 Å². The summed E-state index contributed by atoms with van der Waals surface area (Å²) in [5.74, 6) is 0.920. The Balaban J connectivity index is 1.56. The lowest BCUT2D eigenvalue weighted by Gasteiger charge is -2.31. The third-order valence-corrected chi connectivity index (χ3v) is 7.46. The molecule has 1 atom stereocenters. The van der Waals surface area contributed by atoms with Crippen LogP contribution in [0.2, 0.25) is 0 Å². The summed E-state index contributed by atoms with van der Waals surface area (Å²) < 4.78 is 2.07. The number of nitrogens with one attached hydrogen (secondary N) is 1. The maximum absolute atomic E-state index is 13.3. The van der Waals surface area contributed by atoms with E-state index in [2.05, 4.69) is 86.4 Å². The van der Waals surface area contributed by atoms with Crippen LogP contribution in [-0.4, -0.2) is 30.1 Å². The largest absolute Gasteiger partial charge is 0.321 e. The highest BCUT2D eigenvalue weighted by Gasteiger charge is 2.30. The lowest BCUT2D eigenvalue weighted by Crippen LogP contribution is -2.33. The first-order chi connectivity index (χ1) is 17.5. The predicted molar refractivity (Wildman–Crippen MR) is 143 cm³/mol. The molecule has 2 aromatic heterocycles. The van der Waals surface area contributed by atoms with E-state index in [0.29, 0.717) is 19.1 Å². The number of aromatic nitrogens is 5. The molecule has 1 fully saturated rings. The Morgan fingerprint density at radius 3 is 2.61 bits per heavy atom. The molecule has 0 bridgehead atoms. The minimum atomic E-state index is -0.0295. The number of hydrogen-bond acceptors (Lipinski definition) is 5.